The highest BCUT2D eigenvalue weighted by Crippen LogP contribution is 2.23. The fourth-order valence-electron chi connectivity index (χ4n) is 3.51. The van der Waals surface area contributed by atoms with E-state index in [1.165, 1.54) is 0 Å². The van der Waals surface area contributed by atoms with Crippen LogP contribution >= 0.6 is 11.6 Å². The van der Waals surface area contributed by atoms with Gasteiger partial charge < -0.3 is 15.1 Å². The molecular formula is C20H30ClN3O2. The number of nitrogens with zero attached hydrogens (tertiary/aromatic N) is 2. The van der Waals surface area contributed by atoms with Gasteiger partial charge in [-0.25, -0.2) is 4.79 Å². The van der Waals surface area contributed by atoms with Crippen LogP contribution in [0.2, 0.25) is 5.02 Å². The zero-order valence-corrected chi connectivity index (χ0v) is 16.8. The van der Waals surface area contributed by atoms with Crippen LogP contribution in [0, 0.1) is 5.92 Å². The van der Waals surface area contributed by atoms with Gasteiger partial charge in [-0.3, -0.25) is 4.79 Å². The molecule has 6 heteroatoms. The van der Waals surface area contributed by atoms with E-state index in [2.05, 4.69) is 5.32 Å². The Balaban J connectivity index is 1.90. The summed E-state index contributed by atoms with van der Waals surface area (Å²) < 4.78 is 0. The molecule has 2 rings (SSSR count). The predicted octanol–water partition coefficient (Wildman–Crippen LogP) is 4.08. The van der Waals surface area contributed by atoms with Crippen molar-refractivity contribution < 1.29 is 9.59 Å². The highest BCUT2D eigenvalue weighted by molar-refractivity contribution is 6.30. The minimum absolute atomic E-state index is 0.0360. The highest BCUT2D eigenvalue weighted by Gasteiger charge is 2.30. The molecular weight excluding hydrogens is 350 g/mol. The summed E-state index contributed by atoms with van der Waals surface area (Å²) in [4.78, 5) is 28.8. The lowest BCUT2D eigenvalue weighted by molar-refractivity contribution is -0.136. The summed E-state index contributed by atoms with van der Waals surface area (Å²) in [5.41, 5.74) is 1.01. The average Bonchev–Trinajstić information content (AvgIpc) is 2.66. The standard InChI is InChI=1S/C20H30ClN3O2/c1-4-18(16-8-7-9-17(21)14-16)22-20(26)24-12-10-15(11-13-24)19(25)23(5-2)6-3/h7-9,14-15,18H,4-6,10-13H2,1-3H3,(H,22,26). The van der Waals surface area contributed by atoms with Gasteiger partial charge in [0.2, 0.25) is 5.91 Å². The number of benzene rings is 1. The Morgan fingerprint density at radius 2 is 1.88 bits per heavy atom. The SMILES string of the molecule is CCC(NC(=O)N1CCC(C(=O)N(CC)CC)CC1)c1cccc(Cl)c1. The third-order valence-electron chi connectivity index (χ3n) is 5.16. The molecule has 1 aromatic rings. The molecule has 1 unspecified atom stereocenters. The van der Waals surface area contributed by atoms with Crippen LogP contribution in [0.15, 0.2) is 24.3 Å². The van der Waals surface area contributed by atoms with Crippen molar-refractivity contribution in [1.82, 2.24) is 15.1 Å². The van der Waals surface area contributed by atoms with Crippen LogP contribution in [0.5, 0.6) is 0 Å². The third kappa shape index (κ3) is 5.13. The predicted molar refractivity (Wildman–Crippen MR) is 105 cm³/mol. The van der Waals surface area contributed by atoms with Crippen LogP contribution in [0.1, 0.15) is 51.6 Å². The van der Waals surface area contributed by atoms with Crippen molar-refractivity contribution >= 4 is 23.5 Å². The lowest BCUT2D eigenvalue weighted by Crippen LogP contribution is -2.48. The summed E-state index contributed by atoms with van der Waals surface area (Å²) in [6.45, 7) is 8.78. The quantitative estimate of drug-likeness (QED) is 0.809. The molecule has 1 aromatic carbocycles. The number of hydrogen-bond donors (Lipinski definition) is 1. The molecule has 0 aromatic heterocycles. The van der Waals surface area contributed by atoms with E-state index in [0.717, 1.165) is 37.9 Å². The second-order valence-corrected chi connectivity index (χ2v) is 7.17. The zero-order valence-electron chi connectivity index (χ0n) is 16.0. The zero-order chi connectivity index (χ0) is 19.1. The van der Waals surface area contributed by atoms with Crippen LogP contribution in [0.4, 0.5) is 4.79 Å². The first-order chi connectivity index (χ1) is 12.5. The molecule has 1 heterocycles. The van der Waals surface area contributed by atoms with E-state index in [0.29, 0.717) is 18.1 Å². The molecule has 0 radical (unpaired) electrons. The number of hydrogen-bond acceptors (Lipinski definition) is 2. The monoisotopic (exact) mass is 379 g/mol. The number of halogens is 1. The first-order valence-corrected chi connectivity index (χ1v) is 9.97. The Kier molecular flexibility index (Phi) is 7.76. The van der Waals surface area contributed by atoms with Gasteiger partial charge in [-0.2, -0.15) is 0 Å². The highest BCUT2D eigenvalue weighted by atomic mass is 35.5. The fraction of sp³-hybridized carbons (Fsp3) is 0.600. The molecule has 1 atom stereocenters. The number of piperidine rings is 1. The number of carbonyl (C=O) groups is 2. The summed E-state index contributed by atoms with van der Waals surface area (Å²) in [5, 5.41) is 3.77. The molecule has 1 fully saturated rings. The van der Waals surface area contributed by atoms with E-state index in [4.69, 9.17) is 11.6 Å². The van der Waals surface area contributed by atoms with Gasteiger partial charge in [0.15, 0.2) is 0 Å². The van der Waals surface area contributed by atoms with E-state index in [9.17, 15) is 9.59 Å². The topological polar surface area (TPSA) is 52.7 Å². The van der Waals surface area contributed by atoms with E-state index >= 15 is 0 Å². The van der Waals surface area contributed by atoms with Gasteiger partial charge in [-0.05, 0) is 50.8 Å². The van der Waals surface area contributed by atoms with E-state index in [1.807, 2.05) is 54.8 Å². The maximum absolute atomic E-state index is 12.6. The lowest BCUT2D eigenvalue weighted by atomic mass is 9.95. The summed E-state index contributed by atoms with van der Waals surface area (Å²) in [7, 11) is 0. The number of nitrogens with one attached hydrogen (secondary N) is 1. The molecule has 1 aliphatic heterocycles. The summed E-state index contributed by atoms with van der Waals surface area (Å²) in [6.07, 6.45) is 2.26. The Morgan fingerprint density at radius 3 is 2.42 bits per heavy atom. The van der Waals surface area contributed by atoms with Crippen molar-refractivity contribution in [2.75, 3.05) is 26.2 Å². The molecule has 0 spiro atoms. The number of urea groups is 1. The van der Waals surface area contributed by atoms with Crippen molar-refractivity contribution in [3.05, 3.63) is 34.9 Å². The molecule has 0 bridgehead atoms. The summed E-state index contributed by atoms with van der Waals surface area (Å²) in [5.74, 6) is 0.259. The fourth-order valence-corrected chi connectivity index (χ4v) is 3.71. The van der Waals surface area contributed by atoms with E-state index in [-0.39, 0.29) is 23.9 Å². The van der Waals surface area contributed by atoms with Gasteiger partial charge in [0.1, 0.15) is 0 Å². The second kappa shape index (κ2) is 9.81. The van der Waals surface area contributed by atoms with Crippen LogP contribution < -0.4 is 5.32 Å². The average molecular weight is 380 g/mol. The normalized spacial score (nSPS) is 16.2. The molecule has 1 saturated heterocycles. The molecule has 1 aliphatic rings. The largest absolute Gasteiger partial charge is 0.343 e. The molecule has 5 nitrogen and oxygen atoms in total. The first-order valence-electron chi connectivity index (χ1n) is 9.59. The number of amides is 3. The van der Waals surface area contributed by atoms with Crippen molar-refractivity contribution in [1.29, 1.82) is 0 Å². The van der Waals surface area contributed by atoms with Gasteiger partial charge in [0.05, 0.1) is 6.04 Å². The van der Waals surface area contributed by atoms with Crippen molar-refractivity contribution in [2.45, 2.75) is 46.1 Å². The van der Waals surface area contributed by atoms with Crippen molar-refractivity contribution in [3.8, 4) is 0 Å². The Morgan fingerprint density at radius 1 is 1.23 bits per heavy atom. The van der Waals surface area contributed by atoms with Gasteiger partial charge >= 0.3 is 6.03 Å². The number of rotatable bonds is 6. The summed E-state index contributed by atoms with van der Waals surface area (Å²) >= 11 is 6.07. The van der Waals surface area contributed by atoms with E-state index in [1.54, 1.807) is 0 Å². The Bertz CT molecular complexity index is 611. The van der Waals surface area contributed by atoms with Crippen LogP contribution in [0.25, 0.3) is 0 Å². The first kappa shape index (κ1) is 20.6. The smallest absolute Gasteiger partial charge is 0.317 e. The Hall–Kier alpha value is -1.75. The second-order valence-electron chi connectivity index (χ2n) is 6.74. The van der Waals surface area contributed by atoms with Crippen LogP contribution in [-0.2, 0) is 4.79 Å². The Labute approximate surface area is 161 Å². The maximum atomic E-state index is 12.6. The molecule has 144 valence electrons. The molecule has 3 amide bonds. The molecule has 0 saturated carbocycles. The van der Waals surface area contributed by atoms with Gasteiger partial charge in [-0.15, -0.1) is 0 Å². The van der Waals surface area contributed by atoms with Crippen LogP contribution in [0.3, 0.4) is 0 Å². The summed E-state index contributed by atoms with van der Waals surface area (Å²) in [6, 6.07) is 7.48. The van der Waals surface area contributed by atoms with Gasteiger partial charge in [-0.1, -0.05) is 30.7 Å². The van der Waals surface area contributed by atoms with Crippen molar-refractivity contribution in [3.63, 3.8) is 0 Å². The molecule has 0 aliphatic carbocycles. The lowest BCUT2D eigenvalue weighted by Gasteiger charge is -2.34. The van der Waals surface area contributed by atoms with Crippen LogP contribution in [-0.4, -0.2) is 47.9 Å². The minimum atomic E-state index is -0.0643. The number of likely N-dealkylation sites (tertiary alicyclic amines) is 1. The molecule has 1 N–H and O–H groups in total. The van der Waals surface area contributed by atoms with E-state index < -0.39 is 0 Å². The van der Waals surface area contributed by atoms with Crippen molar-refractivity contribution in [2.24, 2.45) is 5.92 Å². The van der Waals surface area contributed by atoms with Gasteiger partial charge in [0, 0.05) is 37.1 Å². The third-order valence-corrected chi connectivity index (χ3v) is 5.40. The number of carbonyl (C=O) groups excluding carboxylic acids is 2. The van der Waals surface area contributed by atoms with Gasteiger partial charge in [0.25, 0.3) is 0 Å². The molecule has 26 heavy (non-hydrogen) atoms. The maximum Gasteiger partial charge on any atom is 0.317 e. The minimum Gasteiger partial charge on any atom is -0.343 e.